The van der Waals surface area contributed by atoms with E-state index in [1.54, 1.807) is 26.8 Å². The summed E-state index contributed by atoms with van der Waals surface area (Å²) < 4.78 is 32.2. The second-order valence-corrected chi connectivity index (χ2v) is 8.18. The van der Waals surface area contributed by atoms with E-state index in [-0.39, 0.29) is 16.9 Å². The molecule has 1 unspecified atom stereocenters. The normalized spacial score (nSPS) is 12.3. The van der Waals surface area contributed by atoms with Gasteiger partial charge in [0, 0.05) is 29.3 Å². The molecule has 0 aliphatic heterocycles. The number of hydrogen-bond donors (Lipinski definition) is 3. The zero-order chi connectivity index (χ0) is 23.6. The summed E-state index contributed by atoms with van der Waals surface area (Å²) in [5.41, 5.74) is -2.06. The van der Waals surface area contributed by atoms with Gasteiger partial charge in [0.1, 0.15) is 34.9 Å². The Bertz CT molecular complexity index is 1210. The molecule has 168 valence electrons. The third kappa shape index (κ3) is 4.74. The van der Waals surface area contributed by atoms with Crippen LogP contribution in [0.25, 0.3) is 0 Å². The van der Waals surface area contributed by atoms with E-state index in [1.807, 2.05) is 0 Å². The van der Waals surface area contributed by atoms with Crippen LogP contribution in [0.4, 0.5) is 25.8 Å². The highest BCUT2D eigenvalue weighted by atomic mass is 19.1. The minimum Gasteiger partial charge on any atom is -0.494 e. The number of amides is 1. The zero-order valence-electron chi connectivity index (χ0n) is 17.9. The molecule has 3 rings (SSSR count). The number of rotatable bonds is 7. The number of pyridine rings is 1. The van der Waals surface area contributed by atoms with Gasteiger partial charge in [0.25, 0.3) is 16.8 Å². The summed E-state index contributed by atoms with van der Waals surface area (Å²) in [7, 11) is 1.45. The van der Waals surface area contributed by atoms with Crippen molar-refractivity contribution in [2.45, 2.75) is 26.9 Å². The van der Waals surface area contributed by atoms with Gasteiger partial charge in [-0.2, -0.15) is 0 Å². The highest BCUT2D eigenvalue weighted by Crippen LogP contribution is 2.29. The molecule has 0 aliphatic carbocycles. The lowest BCUT2D eigenvalue weighted by Gasteiger charge is -2.33. The van der Waals surface area contributed by atoms with Crippen molar-refractivity contribution in [3.8, 4) is 5.75 Å². The van der Waals surface area contributed by atoms with Gasteiger partial charge in [-0.1, -0.05) is 20.8 Å². The van der Waals surface area contributed by atoms with Crippen LogP contribution >= 0.6 is 0 Å². The Kier molecular flexibility index (Phi) is 6.24. The molecule has 1 atom stereocenters. The quantitative estimate of drug-likeness (QED) is 0.380. The Hall–Kier alpha value is -3.82. The van der Waals surface area contributed by atoms with Crippen molar-refractivity contribution in [3.05, 3.63) is 74.3 Å². The highest BCUT2D eigenvalue weighted by Gasteiger charge is 2.31. The monoisotopic (exact) mass is 444 g/mol. The van der Waals surface area contributed by atoms with E-state index in [9.17, 15) is 23.2 Å². The van der Waals surface area contributed by atoms with Gasteiger partial charge in [-0.25, -0.2) is 8.78 Å². The fraction of sp³-hybridized carbons (Fsp3) is 0.273. The summed E-state index contributed by atoms with van der Waals surface area (Å²) in [6, 6.07) is 4.04. The molecule has 2 aromatic carbocycles. The number of aromatic nitrogens is 1. The molecule has 1 amide bonds. The third-order valence-corrected chi connectivity index (χ3v) is 4.73. The van der Waals surface area contributed by atoms with E-state index in [0.29, 0.717) is 17.5 Å². The number of nitrogens with zero attached hydrogens (tertiary/aromatic N) is 1. The molecule has 0 bridgehead atoms. The third-order valence-electron chi connectivity index (χ3n) is 4.73. The van der Waals surface area contributed by atoms with Crippen LogP contribution in [0, 0.1) is 17.0 Å². The number of ether oxygens (including phenoxy) is 1. The van der Waals surface area contributed by atoms with Gasteiger partial charge in [0.2, 0.25) is 0 Å². The molecule has 1 heterocycles. The molecule has 3 N–H and O–H groups in total. The molecule has 0 saturated carbocycles. The van der Waals surface area contributed by atoms with E-state index >= 15 is 0 Å². The maximum atomic E-state index is 13.5. The Morgan fingerprint density at radius 2 is 1.69 bits per heavy atom. The summed E-state index contributed by atoms with van der Waals surface area (Å²) in [6.07, 6.45) is 2.08. The van der Waals surface area contributed by atoms with Crippen molar-refractivity contribution in [1.29, 1.82) is 0 Å². The largest absolute Gasteiger partial charge is 0.494 e. The molecular formula is C22H22F2N4O4. The van der Waals surface area contributed by atoms with Gasteiger partial charge in [0.15, 0.2) is 0 Å². The topological polar surface area (TPSA) is 109 Å². The number of halogens is 2. The van der Waals surface area contributed by atoms with Crippen LogP contribution in [0.5, 0.6) is 5.75 Å². The fourth-order valence-electron chi connectivity index (χ4n) is 2.95. The molecular weight excluding hydrogens is 422 g/mol. The molecule has 0 fully saturated rings. The Balaban J connectivity index is 1.87. The number of nitrogens with one attached hydrogen (secondary N) is 3. The lowest BCUT2D eigenvalue weighted by atomic mass is 9.91. The van der Waals surface area contributed by atoms with Crippen molar-refractivity contribution in [2.75, 3.05) is 17.7 Å². The van der Waals surface area contributed by atoms with Crippen LogP contribution in [0.1, 0.15) is 31.1 Å². The fourth-order valence-corrected chi connectivity index (χ4v) is 2.95. The molecule has 3 aromatic rings. The van der Waals surface area contributed by atoms with Crippen molar-refractivity contribution in [3.63, 3.8) is 0 Å². The smallest absolute Gasteiger partial charge is 0.253 e. The second kappa shape index (κ2) is 8.74. The van der Waals surface area contributed by atoms with Crippen LogP contribution in [0.15, 0.2) is 46.2 Å². The summed E-state index contributed by atoms with van der Waals surface area (Å²) in [5.74, 6) is -2.13. The number of anilines is 3. The molecule has 0 spiro atoms. The number of benzene rings is 1. The maximum absolute atomic E-state index is 13.5. The van der Waals surface area contributed by atoms with Crippen LogP contribution < -0.4 is 31.5 Å². The molecule has 0 aliphatic rings. The average molecular weight is 444 g/mol. The Morgan fingerprint density at radius 3 is 2.28 bits per heavy atom. The summed E-state index contributed by atoms with van der Waals surface area (Å²) >= 11 is 0. The average Bonchev–Trinajstić information content (AvgIpc) is 2.73. The molecule has 0 radical (unpaired) electrons. The first kappa shape index (κ1) is 22.9. The number of carbonyl (C=O) groups excluding carboxylic acids is 1. The molecule has 32 heavy (non-hydrogen) atoms. The van der Waals surface area contributed by atoms with Gasteiger partial charge in [-0.05, 0) is 12.1 Å². The van der Waals surface area contributed by atoms with Gasteiger partial charge in [-0.3, -0.25) is 19.4 Å². The zero-order valence-corrected chi connectivity index (χ0v) is 17.9. The first-order chi connectivity index (χ1) is 15.0. The van der Waals surface area contributed by atoms with Crippen molar-refractivity contribution in [1.82, 2.24) is 10.3 Å². The minimum absolute atomic E-state index is 0.0124. The van der Waals surface area contributed by atoms with E-state index in [1.165, 1.54) is 19.5 Å². The Morgan fingerprint density at radius 1 is 1.06 bits per heavy atom. The minimum atomic E-state index is -0.894. The van der Waals surface area contributed by atoms with Crippen LogP contribution in [-0.2, 0) is 0 Å². The lowest BCUT2D eigenvalue weighted by Crippen LogP contribution is -2.51. The first-order valence-electron chi connectivity index (χ1n) is 9.63. The van der Waals surface area contributed by atoms with E-state index in [4.69, 9.17) is 4.74 Å². The van der Waals surface area contributed by atoms with Gasteiger partial charge in [0.05, 0.1) is 19.0 Å². The number of methoxy groups -OCH3 is 1. The summed E-state index contributed by atoms with van der Waals surface area (Å²) in [6.45, 7) is 5.33. The van der Waals surface area contributed by atoms with Crippen LogP contribution in [0.2, 0.25) is 0 Å². The van der Waals surface area contributed by atoms with Crippen molar-refractivity contribution >= 4 is 23.0 Å². The first-order valence-corrected chi connectivity index (χ1v) is 9.63. The number of carbonyl (C=O) groups is 1. The lowest BCUT2D eigenvalue weighted by molar-refractivity contribution is 0.0912. The van der Waals surface area contributed by atoms with E-state index < -0.39 is 40.0 Å². The van der Waals surface area contributed by atoms with E-state index in [0.717, 1.165) is 12.1 Å². The Labute approximate surface area is 182 Å². The van der Waals surface area contributed by atoms with Crippen LogP contribution in [0.3, 0.4) is 0 Å². The standard InChI is InChI=1S/C22H22F2N4O4/c1-22(2,3)21(28-20(31)11-7-12(23)9-13(24)8-11)27-17-16(18(29)19(17)30)26-14-10-25-6-5-15(14)32-4/h5-10,21,26-27H,1-4H3,(H,28,31). The molecule has 0 saturated heterocycles. The SMILES string of the molecule is COc1ccncc1Nc1c(NC(NC(=O)c2cc(F)cc(F)c2)C(C)(C)C)c(=O)c1=O. The van der Waals surface area contributed by atoms with Crippen LogP contribution in [-0.4, -0.2) is 24.2 Å². The summed E-state index contributed by atoms with van der Waals surface area (Å²) in [4.78, 5) is 41.0. The van der Waals surface area contributed by atoms with E-state index in [2.05, 4.69) is 20.9 Å². The highest BCUT2D eigenvalue weighted by molar-refractivity contribution is 5.94. The van der Waals surface area contributed by atoms with Gasteiger partial charge < -0.3 is 20.7 Å². The number of hydrogen-bond acceptors (Lipinski definition) is 7. The predicted octanol–water partition coefficient (Wildman–Crippen LogP) is 2.92. The predicted molar refractivity (Wildman–Crippen MR) is 116 cm³/mol. The van der Waals surface area contributed by atoms with Crippen molar-refractivity contribution in [2.24, 2.45) is 5.41 Å². The summed E-state index contributed by atoms with van der Waals surface area (Å²) in [5, 5.41) is 8.33. The molecule has 1 aromatic heterocycles. The van der Waals surface area contributed by atoms with Gasteiger partial charge >= 0.3 is 0 Å². The maximum Gasteiger partial charge on any atom is 0.253 e. The van der Waals surface area contributed by atoms with Crippen molar-refractivity contribution < 1.29 is 18.3 Å². The molecule has 10 heteroatoms. The van der Waals surface area contributed by atoms with Gasteiger partial charge in [-0.15, -0.1) is 0 Å². The molecule has 8 nitrogen and oxygen atoms in total. The second-order valence-electron chi connectivity index (χ2n) is 8.18.